The van der Waals surface area contributed by atoms with Gasteiger partial charge in [0.25, 0.3) is 0 Å². The van der Waals surface area contributed by atoms with E-state index >= 15 is 0 Å². The van der Waals surface area contributed by atoms with Crippen molar-refractivity contribution in [2.45, 2.75) is 44.1 Å². The Labute approximate surface area is 89.1 Å². The molecule has 0 bridgehead atoms. The highest BCUT2D eigenvalue weighted by atomic mass is 16.3. The molecule has 15 heavy (non-hydrogen) atoms. The predicted molar refractivity (Wildman–Crippen MR) is 55.5 cm³/mol. The molecule has 2 rings (SSSR count). The van der Waals surface area contributed by atoms with Gasteiger partial charge in [-0.3, -0.25) is 4.79 Å². The van der Waals surface area contributed by atoms with Crippen molar-refractivity contribution in [1.82, 2.24) is 0 Å². The molecule has 0 amide bonds. The largest absolute Gasteiger partial charge is 0.469 e. The van der Waals surface area contributed by atoms with E-state index in [1.165, 1.54) is 0 Å². The lowest BCUT2D eigenvalue weighted by Crippen LogP contribution is -2.41. The van der Waals surface area contributed by atoms with Gasteiger partial charge in [-0.2, -0.15) is 0 Å². The Balaban J connectivity index is 2.00. The van der Waals surface area contributed by atoms with Gasteiger partial charge in [0.05, 0.1) is 12.7 Å². The maximum Gasteiger partial charge on any atom is 0.171 e. The van der Waals surface area contributed by atoms with Crippen molar-refractivity contribution in [2.75, 3.05) is 0 Å². The highest BCUT2D eigenvalue weighted by Gasteiger charge is 2.36. The van der Waals surface area contributed by atoms with E-state index in [2.05, 4.69) is 0 Å². The van der Waals surface area contributed by atoms with Crippen LogP contribution in [0.5, 0.6) is 0 Å². The molecule has 3 heteroatoms. The molecule has 3 nitrogen and oxygen atoms in total. The summed E-state index contributed by atoms with van der Waals surface area (Å²) in [6.45, 7) is 0. The van der Waals surface area contributed by atoms with Crippen LogP contribution >= 0.6 is 0 Å². The van der Waals surface area contributed by atoms with Crippen LogP contribution in [0.3, 0.4) is 0 Å². The Hall–Kier alpha value is -1.09. The van der Waals surface area contributed by atoms with Gasteiger partial charge in [-0.25, -0.2) is 0 Å². The van der Waals surface area contributed by atoms with Crippen molar-refractivity contribution in [1.29, 1.82) is 0 Å². The van der Waals surface area contributed by atoms with Crippen molar-refractivity contribution >= 4 is 5.78 Å². The lowest BCUT2D eigenvalue weighted by atomic mass is 9.80. The molecule has 1 saturated carbocycles. The van der Waals surface area contributed by atoms with Gasteiger partial charge >= 0.3 is 0 Å². The fourth-order valence-corrected chi connectivity index (χ4v) is 2.15. The molecule has 1 aromatic rings. The predicted octanol–water partition coefficient (Wildman–Crippen LogP) is 2.09. The molecule has 1 fully saturated rings. The zero-order valence-corrected chi connectivity index (χ0v) is 8.74. The van der Waals surface area contributed by atoms with Crippen LogP contribution in [0.1, 0.15) is 37.9 Å². The van der Waals surface area contributed by atoms with E-state index in [0.29, 0.717) is 18.6 Å². The van der Waals surface area contributed by atoms with E-state index in [0.717, 1.165) is 19.3 Å². The lowest BCUT2D eigenvalue weighted by molar-refractivity contribution is -0.140. The number of hydrogen-bond donors (Lipinski definition) is 1. The van der Waals surface area contributed by atoms with Crippen molar-refractivity contribution in [3.63, 3.8) is 0 Å². The molecule has 82 valence electrons. The average molecular weight is 208 g/mol. The first kappa shape index (κ1) is 10.4. The summed E-state index contributed by atoms with van der Waals surface area (Å²) < 4.78 is 5.11. The summed E-state index contributed by atoms with van der Waals surface area (Å²) >= 11 is 0. The third-order valence-electron chi connectivity index (χ3n) is 3.11. The smallest absolute Gasteiger partial charge is 0.171 e. The monoisotopic (exact) mass is 208 g/mol. The second-order valence-electron chi connectivity index (χ2n) is 4.27. The molecule has 0 atom stereocenters. The van der Waals surface area contributed by atoms with Crippen LogP contribution in [0.4, 0.5) is 0 Å². The summed E-state index contributed by atoms with van der Waals surface area (Å²) in [5.74, 6) is 0.538. The molecule has 1 heterocycles. The summed E-state index contributed by atoms with van der Waals surface area (Å²) in [7, 11) is 0. The SMILES string of the molecule is O=C(Cc1ccco1)C1(O)CCCCC1. The van der Waals surface area contributed by atoms with Gasteiger partial charge in [-0.15, -0.1) is 0 Å². The molecular formula is C12H16O3. The average Bonchev–Trinajstić information content (AvgIpc) is 2.71. The Morgan fingerprint density at radius 1 is 1.40 bits per heavy atom. The molecule has 0 saturated heterocycles. The number of furan rings is 1. The third kappa shape index (κ3) is 2.29. The summed E-state index contributed by atoms with van der Waals surface area (Å²) in [6.07, 6.45) is 5.98. The van der Waals surface area contributed by atoms with E-state index in [9.17, 15) is 9.90 Å². The van der Waals surface area contributed by atoms with Crippen LogP contribution in [0.2, 0.25) is 0 Å². The molecule has 0 unspecified atom stereocenters. The normalized spacial score (nSPS) is 20.1. The summed E-state index contributed by atoms with van der Waals surface area (Å²) in [5.41, 5.74) is -1.09. The van der Waals surface area contributed by atoms with Crippen LogP contribution in [0.25, 0.3) is 0 Å². The number of carbonyl (C=O) groups excluding carboxylic acids is 1. The minimum Gasteiger partial charge on any atom is -0.469 e. The van der Waals surface area contributed by atoms with Crippen molar-refractivity contribution < 1.29 is 14.3 Å². The van der Waals surface area contributed by atoms with E-state index < -0.39 is 5.60 Å². The maximum absolute atomic E-state index is 11.9. The van der Waals surface area contributed by atoms with Crippen LogP contribution in [-0.4, -0.2) is 16.5 Å². The van der Waals surface area contributed by atoms with Gasteiger partial charge in [0, 0.05) is 0 Å². The van der Waals surface area contributed by atoms with Gasteiger partial charge in [0.1, 0.15) is 11.4 Å². The van der Waals surface area contributed by atoms with Gasteiger partial charge < -0.3 is 9.52 Å². The highest BCUT2D eigenvalue weighted by molar-refractivity contribution is 5.88. The Morgan fingerprint density at radius 3 is 2.73 bits per heavy atom. The molecule has 1 aliphatic rings. The molecule has 0 aliphatic heterocycles. The van der Waals surface area contributed by atoms with E-state index in [1.807, 2.05) is 0 Å². The first-order valence-corrected chi connectivity index (χ1v) is 5.49. The number of hydrogen-bond acceptors (Lipinski definition) is 3. The Morgan fingerprint density at radius 2 is 2.13 bits per heavy atom. The standard InChI is InChI=1S/C12H16O3/c13-11(9-10-5-4-8-15-10)12(14)6-2-1-3-7-12/h4-5,8,14H,1-3,6-7,9H2. The minimum atomic E-state index is -1.09. The molecule has 1 aliphatic carbocycles. The first-order valence-electron chi connectivity index (χ1n) is 5.49. The van der Waals surface area contributed by atoms with Gasteiger partial charge in [0.15, 0.2) is 5.78 Å². The van der Waals surface area contributed by atoms with Crippen LogP contribution in [0, 0.1) is 0 Å². The Kier molecular flexibility index (Phi) is 2.91. The van der Waals surface area contributed by atoms with Gasteiger partial charge in [0.2, 0.25) is 0 Å². The van der Waals surface area contributed by atoms with Gasteiger partial charge in [-0.05, 0) is 25.0 Å². The first-order chi connectivity index (χ1) is 7.21. The van der Waals surface area contributed by atoms with Gasteiger partial charge in [-0.1, -0.05) is 19.3 Å². The molecule has 0 radical (unpaired) electrons. The van der Waals surface area contributed by atoms with E-state index in [4.69, 9.17) is 4.42 Å². The van der Waals surface area contributed by atoms with Crippen molar-refractivity contribution in [2.24, 2.45) is 0 Å². The molecule has 0 aromatic carbocycles. The highest BCUT2D eigenvalue weighted by Crippen LogP contribution is 2.29. The second kappa shape index (κ2) is 4.19. The fraction of sp³-hybridized carbons (Fsp3) is 0.583. The summed E-state index contributed by atoms with van der Waals surface area (Å²) in [5, 5.41) is 10.1. The topological polar surface area (TPSA) is 50.4 Å². The summed E-state index contributed by atoms with van der Waals surface area (Å²) in [4.78, 5) is 11.9. The van der Waals surface area contributed by atoms with Crippen LogP contribution in [-0.2, 0) is 11.2 Å². The number of Topliss-reactive ketones (excluding diaryl/α,β-unsaturated/α-hetero) is 1. The van der Waals surface area contributed by atoms with Crippen LogP contribution < -0.4 is 0 Å². The molecule has 1 N–H and O–H groups in total. The van der Waals surface area contributed by atoms with E-state index in [1.54, 1.807) is 18.4 Å². The molecule has 1 aromatic heterocycles. The zero-order valence-electron chi connectivity index (χ0n) is 8.74. The fourth-order valence-electron chi connectivity index (χ4n) is 2.15. The van der Waals surface area contributed by atoms with Crippen LogP contribution in [0.15, 0.2) is 22.8 Å². The maximum atomic E-state index is 11.9. The molecule has 0 spiro atoms. The number of aliphatic hydroxyl groups is 1. The molecular weight excluding hydrogens is 192 g/mol. The third-order valence-corrected chi connectivity index (χ3v) is 3.11. The zero-order chi connectivity index (χ0) is 10.7. The number of carbonyl (C=O) groups is 1. The van der Waals surface area contributed by atoms with Crippen molar-refractivity contribution in [3.8, 4) is 0 Å². The van der Waals surface area contributed by atoms with E-state index in [-0.39, 0.29) is 12.2 Å². The summed E-state index contributed by atoms with van der Waals surface area (Å²) in [6, 6.07) is 3.53. The lowest BCUT2D eigenvalue weighted by Gasteiger charge is -2.30. The number of ketones is 1. The van der Waals surface area contributed by atoms with Crippen molar-refractivity contribution in [3.05, 3.63) is 24.2 Å². The second-order valence-corrected chi connectivity index (χ2v) is 4.27. The Bertz CT molecular complexity index is 321. The number of rotatable bonds is 3. The minimum absolute atomic E-state index is 0.0999. The quantitative estimate of drug-likeness (QED) is 0.827.